The van der Waals surface area contributed by atoms with Crippen LogP contribution in [0.15, 0.2) is 18.2 Å². The molecule has 1 aromatic rings. The molecule has 11 heavy (non-hydrogen) atoms. The Bertz CT molecular complexity index is 268. The third-order valence-electron chi connectivity index (χ3n) is 2.01. The van der Waals surface area contributed by atoms with E-state index in [1.165, 1.54) is 22.6 Å². The zero-order valence-corrected chi connectivity index (χ0v) is 8.10. The number of aryl methyl sites for hydroxylation is 1. The third-order valence-corrected chi connectivity index (χ3v) is 4.22. The van der Waals surface area contributed by atoms with Gasteiger partial charge in [-0.25, -0.2) is 0 Å². The molecule has 0 nitrogen and oxygen atoms in total. The SMILES string of the molecule is Cc1cccc2c1CSSC2. The Morgan fingerprint density at radius 2 is 2.00 bits per heavy atom. The maximum atomic E-state index is 2.25. The second kappa shape index (κ2) is 3.11. The fourth-order valence-electron chi connectivity index (χ4n) is 1.31. The summed E-state index contributed by atoms with van der Waals surface area (Å²) in [4.78, 5) is 0. The minimum absolute atomic E-state index is 1.18. The van der Waals surface area contributed by atoms with Gasteiger partial charge < -0.3 is 0 Å². The van der Waals surface area contributed by atoms with E-state index in [-0.39, 0.29) is 0 Å². The molecule has 0 amide bonds. The first kappa shape index (κ1) is 7.56. The van der Waals surface area contributed by atoms with E-state index in [0.717, 1.165) is 0 Å². The largest absolute Gasteiger partial charge is 0.0890 e. The first-order valence-corrected chi connectivity index (χ1v) is 6.18. The fraction of sp³-hybridized carbons (Fsp3) is 0.333. The minimum Gasteiger partial charge on any atom is -0.0890 e. The van der Waals surface area contributed by atoms with Crippen molar-refractivity contribution in [1.29, 1.82) is 0 Å². The lowest BCUT2D eigenvalue weighted by molar-refractivity contribution is 1.22. The highest BCUT2D eigenvalue weighted by Crippen LogP contribution is 2.37. The lowest BCUT2D eigenvalue weighted by Crippen LogP contribution is -1.96. The van der Waals surface area contributed by atoms with Gasteiger partial charge in [0.2, 0.25) is 0 Å². The van der Waals surface area contributed by atoms with Crippen LogP contribution in [0.4, 0.5) is 0 Å². The standard InChI is InChI=1S/C9H10S2/c1-7-3-2-4-8-5-10-11-6-9(7)8/h2-4H,5-6H2,1H3. The van der Waals surface area contributed by atoms with Crippen molar-refractivity contribution in [1.82, 2.24) is 0 Å². The first-order chi connectivity index (χ1) is 5.38. The van der Waals surface area contributed by atoms with Crippen LogP contribution in [0.2, 0.25) is 0 Å². The van der Waals surface area contributed by atoms with E-state index in [0.29, 0.717) is 0 Å². The first-order valence-electron chi connectivity index (χ1n) is 3.70. The number of hydrogen-bond acceptors (Lipinski definition) is 2. The predicted octanol–water partition coefficient (Wildman–Crippen LogP) is 3.39. The Labute approximate surface area is 75.2 Å². The second-order valence-corrected chi connectivity index (χ2v) is 5.20. The van der Waals surface area contributed by atoms with Gasteiger partial charge in [-0.1, -0.05) is 39.8 Å². The second-order valence-electron chi connectivity index (χ2n) is 2.74. The molecular formula is C9H10S2. The fourth-order valence-corrected chi connectivity index (χ4v) is 3.64. The van der Waals surface area contributed by atoms with Crippen molar-refractivity contribution in [3.63, 3.8) is 0 Å². The van der Waals surface area contributed by atoms with Crippen LogP contribution >= 0.6 is 21.6 Å². The summed E-state index contributed by atoms with van der Waals surface area (Å²) in [5.41, 5.74) is 4.56. The van der Waals surface area contributed by atoms with Crippen LogP contribution in [0, 0.1) is 6.92 Å². The van der Waals surface area contributed by atoms with Crippen molar-refractivity contribution in [3.8, 4) is 0 Å². The molecule has 2 heteroatoms. The molecule has 0 aromatic heterocycles. The number of benzene rings is 1. The Morgan fingerprint density at radius 1 is 1.18 bits per heavy atom. The van der Waals surface area contributed by atoms with Crippen LogP contribution in [-0.2, 0) is 11.5 Å². The average Bonchev–Trinajstić information content (AvgIpc) is 2.06. The highest BCUT2D eigenvalue weighted by atomic mass is 33.1. The van der Waals surface area contributed by atoms with E-state index in [4.69, 9.17) is 0 Å². The predicted molar refractivity (Wildman–Crippen MR) is 53.8 cm³/mol. The monoisotopic (exact) mass is 182 g/mol. The summed E-state index contributed by atoms with van der Waals surface area (Å²) in [5.74, 6) is 2.37. The van der Waals surface area contributed by atoms with E-state index in [9.17, 15) is 0 Å². The molecule has 0 N–H and O–H groups in total. The Hall–Kier alpha value is -0.0800. The summed E-state index contributed by atoms with van der Waals surface area (Å²) < 4.78 is 0. The minimum atomic E-state index is 1.18. The van der Waals surface area contributed by atoms with Gasteiger partial charge in [0.1, 0.15) is 0 Å². The molecule has 0 radical (unpaired) electrons. The Kier molecular flexibility index (Phi) is 2.14. The zero-order valence-electron chi connectivity index (χ0n) is 6.46. The quantitative estimate of drug-likeness (QED) is 0.564. The molecule has 0 spiro atoms. The average molecular weight is 182 g/mol. The summed E-state index contributed by atoms with van der Waals surface area (Å²) in [6, 6.07) is 6.61. The van der Waals surface area contributed by atoms with Gasteiger partial charge >= 0.3 is 0 Å². The number of hydrogen-bond donors (Lipinski definition) is 0. The molecule has 58 valence electrons. The normalized spacial score (nSPS) is 16.1. The van der Waals surface area contributed by atoms with Crippen molar-refractivity contribution >= 4 is 21.6 Å². The van der Waals surface area contributed by atoms with E-state index in [1.54, 1.807) is 5.56 Å². The zero-order chi connectivity index (χ0) is 7.68. The molecule has 0 saturated heterocycles. The topological polar surface area (TPSA) is 0 Å². The molecule has 1 aliphatic heterocycles. The van der Waals surface area contributed by atoms with Gasteiger partial charge in [-0.3, -0.25) is 0 Å². The van der Waals surface area contributed by atoms with Crippen LogP contribution in [0.25, 0.3) is 0 Å². The summed E-state index contributed by atoms with van der Waals surface area (Å²) in [6.07, 6.45) is 0. The molecule has 2 rings (SSSR count). The van der Waals surface area contributed by atoms with E-state index in [2.05, 4.69) is 25.1 Å². The third kappa shape index (κ3) is 1.42. The molecule has 0 unspecified atom stereocenters. The van der Waals surface area contributed by atoms with Gasteiger partial charge in [0.25, 0.3) is 0 Å². The Balaban J connectivity index is 2.49. The molecule has 0 bridgehead atoms. The van der Waals surface area contributed by atoms with Crippen molar-refractivity contribution in [2.75, 3.05) is 0 Å². The van der Waals surface area contributed by atoms with Gasteiger partial charge in [0.05, 0.1) is 0 Å². The molecular weight excluding hydrogens is 172 g/mol. The Morgan fingerprint density at radius 3 is 2.82 bits per heavy atom. The molecule has 1 aliphatic rings. The van der Waals surface area contributed by atoms with Crippen LogP contribution in [0.5, 0.6) is 0 Å². The van der Waals surface area contributed by atoms with Crippen LogP contribution in [0.3, 0.4) is 0 Å². The van der Waals surface area contributed by atoms with Crippen LogP contribution in [0.1, 0.15) is 16.7 Å². The van der Waals surface area contributed by atoms with Crippen molar-refractivity contribution < 1.29 is 0 Å². The van der Waals surface area contributed by atoms with E-state index >= 15 is 0 Å². The maximum Gasteiger partial charge on any atom is 0.0294 e. The molecule has 1 aromatic carbocycles. The van der Waals surface area contributed by atoms with Crippen molar-refractivity contribution in [2.45, 2.75) is 18.4 Å². The molecule has 0 atom stereocenters. The lowest BCUT2D eigenvalue weighted by Gasteiger charge is -2.16. The summed E-state index contributed by atoms with van der Waals surface area (Å²) in [5, 5.41) is 0. The lowest BCUT2D eigenvalue weighted by atomic mass is 10.1. The summed E-state index contributed by atoms with van der Waals surface area (Å²) in [6.45, 7) is 2.20. The van der Waals surface area contributed by atoms with Gasteiger partial charge in [0.15, 0.2) is 0 Å². The van der Waals surface area contributed by atoms with Crippen LogP contribution < -0.4 is 0 Å². The number of fused-ring (bicyclic) bond motifs is 1. The smallest absolute Gasteiger partial charge is 0.0294 e. The molecule has 0 aliphatic carbocycles. The number of rotatable bonds is 0. The van der Waals surface area contributed by atoms with E-state index < -0.39 is 0 Å². The summed E-state index contributed by atoms with van der Waals surface area (Å²) in [7, 11) is 3.93. The molecule has 0 fully saturated rings. The van der Waals surface area contributed by atoms with Crippen LogP contribution in [-0.4, -0.2) is 0 Å². The van der Waals surface area contributed by atoms with Gasteiger partial charge in [0, 0.05) is 11.5 Å². The van der Waals surface area contributed by atoms with Gasteiger partial charge in [-0.2, -0.15) is 0 Å². The van der Waals surface area contributed by atoms with Crippen molar-refractivity contribution in [3.05, 3.63) is 34.9 Å². The molecule has 1 heterocycles. The van der Waals surface area contributed by atoms with E-state index in [1.807, 2.05) is 21.6 Å². The van der Waals surface area contributed by atoms with Gasteiger partial charge in [-0.15, -0.1) is 0 Å². The van der Waals surface area contributed by atoms with Gasteiger partial charge in [-0.05, 0) is 23.6 Å². The summed E-state index contributed by atoms with van der Waals surface area (Å²) >= 11 is 0. The molecule has 0 saturated carbocycles. The maximum absolute atomic E-state index is 2.25. The highest BCUT2D eigenvalue weighted by molar-refractivity contribution is 8.76. The highest BCUT2D eigenvalue weighted by Gasteiger charge is 2.10. The van der Waals surface area contributed by atoms with Crippen molar-refractivity contribution in [2.24, 2.45) is 0 Å².